The molecule has 94 valence electrons. The summed E-state index contributed by atoms with van der Waals surface area (Å²) in [6, 6.07) is 0.162. The van der Waals surface area contributed by atoms with E-state index in [0.717, 1.165) is 24.6 Å². The summed E-state index contributed by atoms with van der Waals surface area (Å²) < 4.78 is 1.64. The molecule has 1 unspecified atom stereocenters. The number of rotatable bonds is 3. The van der Waals surface area contributed by atoms with Crippen molar-refractivity contribution in [3.8, 4) is 0 Å². The summed E-state index contributed by atoms with van der Waals surface area (Å²) >= 11 is 1.60. The van der Waals surface area contributed by atoms with E-state index in [1.807, 2.05) is 5.38 Å². The van der Waals surface area contributed by atoms with Crippen LogP contribution in [0.1, 0.15) is 23.0 Å². The van der Waals surface area contributed by atoms with E-state index in [9.17, 15) is 4.79 Å². The molecule has 0 saturated carbocycles. The first kappa shape index (κ1) is 11.1. The Balaban J connectivity index is 1.73. The molecule has 3 heterocycles. The predicted octanol–water partition coefficient (Wildman–Crippen LogP) is 0.884. The first-order chi connectivity index (χ1) is 8.74. The summed E-state index contributed by atoms with van der Waals surface area (Å²) in [7, 11) is 0. The molecule has 0 radical (unpaired) electrons. The van der Waals surface area contributed by atoms with Gasteiger partial charge >= 0.3 is 5.97 Å². The monoisotopic (exact) mass is 265 g/mol. The fraction of sp³-hybridized carbons (Fsp3) is 0.400. The average Bonchev–Trinajstić information content (AvgIpc) is 3.10. The van der Waals surface area contributed by atoms with Crippen LogP contribution in [0.3, 0.4) is 0 Å². The van der Waals surface area contributed by atoms with Crippen LogP contribution in [-0.2, 0) is 0 Å². The molecule has 1 fully saturated rings. The van der Waals surface area contributed by atoms with Crippen LogP contribution in [0.25, 0.3) is 0 Å². The summed E-state index contributed by atoms with van der Waals surface area (Å²) in [5.74, 6) is -1.05. The molecule has 0 amide bonds. The maximum absolute atomic E-state index is 10.7. The lowest BCUT2D eigenvalue weighted by atomic mass is 10.3. The molecule has 2 aromatic rings. The molecule has 0 spiro atoms. The minimum atomic E-state index is -1.05. The molecule has 8 heteroatoms. The number of hydrogen-bond donors (Lipinski definition) is 1. The highest BCUT2D eigenvalue weighted by atomic mass is 32.1. The predicted molar refractivity (Wildman–Crippen MR) is 65.0 cm³/mol. The van der Waals surface area contributed by atoms with Gasteiger partial charge in [0.2, 0.25) is 0 Å². The Hall–Kier alpha value is -1.96. The number of carboxylic acid groups (broad SMARTS) is 1. The lowest BCUT2D eigenvalue weighted by molar-refractivity contribution is 0.0690. The molecule has 3 rings (SSSR count). The Morgan fingerprint density at radius 1 is 1.56 bits per heavy atom. The number of anilines is 1. The Labute approximate surface area is 107 Å². The van der Waals surface area contributed by atoms with E-state index in [2.05, 4.69) is 20.2 Å². The van der Waals surface area contributed by atoms with Crippen LogP contribution in [0.5, 0.6) is 0 Å². The maximum Gasteiger partial charge on any atom is 0.358 e. The SMILES string of the molecule is O=C(O)c1cn(C2CCN(c3nccs3)C2)nn1. The summed E-state index contributed by atoms with van der Waals surface area (Å²) in [5, 5.41) is 19.3. The highest BCUT2D eigenvalue weighted by Crippen LogP contribution is 2.27. The van der Waals surface area contributed by atoms with Crippen LogP contribution in [0.4, 0.5) is 5.13 Å². The van der Waals surface area contributed by atoms with Gasteiger partial charge in [-0.25, -0.2) is 14.5 Å². The number of aromatic nitrogens is 4. The third-order valence-corrected chi connectivity index (χ3v) is 3.79. The van der Waals surface area contributed by atoms with E-state index in [0.29, 0.717) is 0 Å². The number of aromatic carboxylic acids is 1. The van der Waals surface area contributed by atoms with E-state index in [1.54, 1.807) is 22.2 Å². The average molecular weight is 265 g/mol. The van der Waals surface area contributed by atoms with E-state index in [1.165, 1.54) is 6.20 Å². The molecule has 18 heavy (non-hydrogen) atoms. The Morgan fingerprint density at radius 2 is 2.44 bits per heavy atom. The molecule has 0 aliphatic carbocycles. The smallest absolute Gasteiger partial charge is 0.358 e. The van der Waals surface area contributed by atoms with Crippen LogP contribution in [0.2, 0.25) is 0 Å². The van der Waals surface area contributed by atoms with E-state index >= 15 is 0 Å². The standard InChI is InChI=1S/C10H11N5O2S/c16-9(17)8-6-15(13-12-8)7-1-3-14(5-7)10-11-2-4-18-10/h2,4,6-7H,1,3,5H2,(H,16,17). The lowest BCUT2D eigenvalue weighted by Gasteiger charge is -2.14. The van der Waals surface area contributed by atoms with Crippen molar-refractivity contribution in [2.75, 3.05) is 18.0 Å². The quantitative estimate of drug-likeness (QED) is 0.887. The van der Waals surface area contributed by atoms with Gasteiger partial charge in [0.15, 0.2) is 10.8 Å². The highest BCUT2D eigenvalue weighted by molar-refractivity contribution is 7.13. The van der Waals surface area contributed by atoms with Crippen molar-refractivity contribution in [1.82, 2.24) is 20.0 Å². The zero-order valence-corrected chi connectivity index (χ0v) is 10.2. The summed E-state index contributed by atoms with van der Waals surface area (Å²) in [6.07, 6.45) is 4.19. The Bertz CT molecular complexity index is 552. The molecule has 1 atom stereocenters. The topological polar surface area (TPSA) is 84.1 Å². The second-order valence-electron chi connectivity index (χ2n) is 4.09. The minimum absolute atomic E-state index is 0.0114. The van der Waals surface area contributed by atoms with Gasteiger partial charge in [0, 0.05) is 24.7 Å². The molecule has 0 bridgehead atoms. The van der Waals surface area contributed by atoms with Crippen molar-refractivity contribution in [1.29, 1.82) is 0 Å². The van der Waals surface area contributed by atoms with Gasteiger partial charge in [-0.15, -0.1) is 16.4 Å². The molecule has 1 aliphatic rings. The van der Waals surface area contributed by atoms with Crippen molar-refractivity contribution < 1.29 is 9.90 Å². The van der Waals surface area contributed by atoms with Gasteiger partial charge in [-0.2, -0.15) is 0 Å². The zero-order chi connectivity index (χ0) is 12.5. The largest absolute Gasteiger partial charge is 0.476 e. The van der Waals surface area contributed by atoms with Gasteiger partial charge in [-0.05, 0) is 6.42 Å². The van der Waals surface area contributed by atoms with Crippen LogP contribution >= 0.6 is 11.3 Å². The Kier molecular flexibility index (Phi) is 2.71. The third kappa shape index (κ3) is 1.94. The molecule has 2 aromatic heterocycles. The number of carboxylic acids is 1. The third-order valence-electron chi connectivity index (χ3n) is 2.96. The molecule has 1 saturated heterocycles. The van der Waals surface area contributed by atoms with E-state index < -0.39 is 5.97 Å². The van der Waals surface area contributed by atoms with E-state index in [-0.39, 0.29) is 11.7 Å². The van der Waals surface area contributed by atoms with Crippen LogP contribution in [0, 0.1) is 0 Å². The zero-order valence-electron chi connectivity index (χ0n) is 9.43. The number of hydrogen-bond acceptors (Lipinski definition) is 6. The molecular formula is C10H11N5O2S. The van der Waals surface area contributed by atoms with Gasteiger partial charge in [0.25, 0.3) is 0 Å². The van der Waals surface area contributed by atoms with Gasteiger partial charge in [0.05, 0.1) is 12.2 Å². The number of nitrogens with zero attached hydrogens (tertiary/aromatic N) is 5. The fourth-order valence-corrected chi connectivity index (χ4v) is 2.74. The first-order valence-electron chi connectivity index (χ1n) is 5.53. The van der Waals surface area contributed by atoms with E-state index in [4.69, 9.17) is 5.11 Å². The van der Waals surface area contributed by atoms with Crippen molar-refractivity contribution in [2.45, 2.75) is 12.5 Å². The normalized spacial score (nSPS) is 19.3. The molecule has 1 N–H and O–H groups in total. The fourth-order valence-electron chi connectivity index (χ4n) is 2.06. The van der Waals surface area contributed by atoms with Crippen molar-refractivity contribution >= 4 is 22.4 Å². The number of carbonyl (C=O) groups is 1. The van der Waals surface area contributed by atoms with Gasteiger partial charge < -0.3 is 10.0 Å². The highest BCUT2D eigenvalue weighted by Gasteiger charge is 2.26. The Morgan fingerprint density at radius 3 is 3.11 bits per heavy atom. The van der Waals surface area contributed by atoms with Crippen LogP contribution < -0.4 is 4.90 Å². The number of thiazole rings is 1. The lowest BCUT2D eigenvalue weighted by Crippen LogP contribution is -2.20. The summed E-state index contributed by atoms with van der Waals surface area (Å²) in [4.78, 5) is 17.2. The maximum atomic E-state index is 10.7. The molecule has 0 aromatic carbocycles. The first-order valence-corrected chi connectivity index (χ1v) is 6.41. The summed E-state index contributed by atoms with van der Waals surface area (Å²) in [5.41, 5.74) is -0.0114. The van der Waals surface area contributed by atoms with Gasteiger partial charge in [-0.3, -0.25) is 0 Å². The van der Waals surface area contributed by atoms with Gasteiger partial charge in [-0.1, -0.05) is 5.21 Å². The second-order valence-corrected chi connectivity index (χ2v) is 4.97. The van der Waals surface area contributed by atoms with Crippen LogP contribution in [0.15, 0.2) is 17.8 Å². The van der Waals surface area contributed by atoms with Crippen molar-refractivity contribution in [3.63, 3.8) is 0 Å². The van der Waals surface area contributed by atoms with Crippen molar-refractivity contribution in [2.24, 2.45) is 0 Å². The molecule has 1 aliphatic heterocycles. The van der Waals surface area contributed by atoms with Crippen LogP contribution in [-0.4, -0.2) is 44.1 Å². The van der Waals surface area contributed by atoms with Gasteiger partial charge in [0.1, 0.15) is 0 Å². The second kappa shape index (κ2) is 4.37. The molecular weight excluding hydrogens is 254 g/mol. The summed E-state index contributed by atoms with van der Waals surface area (Å²) in [6.45, 7) is 1.69. The molecule has 7 nitrogen and oxygen atoms in total. The van der Waals surface area contributed by atoms with Crippen molar-refractivity contribution in [3.05, 3.63) is 23.5 Å². The minimum Gasteiger partial charge on any atom is -0.476 e.